The number of hydrogen-bond acceptors (Lipinski definition) is 4. The van der Waals surface area contributed by atoms with Gasteiger partial charge in [0.05, 0.1) is 11.8 Å². The lowest BCUT2D eigenvalue weighted by atomic mass is 9.64. The van der Waals surface area contributed by atoms with Gasteiger partial charge in [0, 0.05) is 25.6 Å². The number of nitrogens with zero attached hydrogens (tertiary/aromatic N) is 4. The highest BCUT2D eigenvalue weighted by molar-refractivity contribution is 5.78. The van der Waals surface area contributed by atoms with Gasteiger partial charge in [0.25, 0.3) is 0 Å². The van der Waals surface area contributed by atoms with Crippen LogP contribution in [0.1, 0.15) is 38.9 Å². The van der Waals surface area contributed by atoms with Crippen LogP contribution in [0.5, 0.6) is 0 Å². The highest BCUT2D eigenvalue weighted by Gasteiger charge is 2.51. The lowest BCUT2D eigenvalue weighted by Gasteiger charge is -2.51. The Kier molecular flexibility index (Phi) is 2.83. The Hall–Kier alpha value is -1.56. The molecule has 0 amide bonds. The fourth-order valence-corrected chi connectivity index (χ4v) is 3.47. The van der Waals surface area contributed by atoms with E-state index >= 15 is 0 Å². The van der Waals surface area contributed by atoms with Crippen molar-refractivity contribution in [2.75, 3.05) is 12.8 Å². The van der Waals surface area contributed by atoms with Crippen molar-refractivity contribution in [3.63, 3.8) is 0 Å². The van der Waals surface area contributed by atoms with E-state index in [1.807, 2.05) is 11.7 Å². The van der Waals surface area contributed by atoms with Gasteiger partial charge >= 0.3 is 0 Å². The van der Waals surface area contributed by atoms with E-state index in [0.29, 0.717) is 12.0 Å². The van der Waals surface area contributed by atoms with E-state index in [2.05, 4.69) is 35.4 Å². The van der Waals surface area contributed by atoms with Crippen LogP contribution in [-0.2, 0) is 18.2 Å². The minimum atomic E-state index is 0.0488. The van der Waals surface area contributed by atoms with E-state index in [4.69, 9.17) is 10.5 Å². The number of fused-ring (bicyclic) bond motifs is 1. The summed E-state index contributed by atoms with van der Waals surface area (Å²) in [5.41, 5.74) is 9.19. The molecule has 0 bridgehead atoms. The molecule has 0 aromatic carbocycles. The van der Waals surface area contributed by atoms with Gasteiger partial charge in [-0.15, -0.1) is 0 Å². The highest BCUT2D eigenvalue weighted by Crippen LogP contribution is 2.52. The minimum absolute atomic E-state index is 0.0488. The Labute approximate surface area is 118 Å². The number of hydrogen-bond donors (Lipinski definition) is 1. The van der Waals surface area contributed by atoms with E-state index < -0.39 is 0 Å². The highest BCUT2D eigenvalue weighted by atomic mass is 16.5. The van der Waals surface area contributed by atoms with Crippen molar-refractivity contribution in [3.05, 3.63) is 5.69 Å². The van der Waals surface area contributed by atoms with Crippen molar-refractivity contribution < 1.29 is 4.74 Å². The van der Waals surface area contributed by atoms with E-state index in [1.165, 1.54) is 0 Å². The summed E-state index contributed by atoms with van der Waals surface area (Å²) >= 11 is 0. The Morgan fingerprint density at radius 3 is 2.70 bits per heavy atom. The third-order valence-electron chi connectivity index (χ3n) is 4.82. The van der Waals surface area contributed by atoms with Crippen LogP contribution in [0.2, 0.25) is 0 Å². The maximum atomic E-state index is 6.18. The molecule has 2 atom stereocenters. The zero-order valence-corrected chi connectivity index (χ0v) is 12.8. The Morgan fingerprint density at radius 1 is 1.45 bits per heavy atom. The van der Waals surface area contributed by atoms with Gasteiger partial charge in [-0.25, -0.2) is 4.98 Å². The second kappa shape index (κ2) is 4.22. The summed E-state index contributed by atoms with van der Waals surface area (Å²) < 4.78 is 9.57. The molecule has 20 heavy (non-hydrogen) atoms. The van der Waals surface area contributed by atoms with Crippen LogP contribution in [0, 0.1) is 5.41 Å². The van der Waals surface area contributed by atoms with Gasteiger partial charge < -0.3 is 10.5 Å². The number of methoxy groups -OCH3 is 1. The second-order valence-corrected chi connectivity index (χ2v) is 6.23. The molecule has 0 saturated heterocycles. The summed E-state index contributed by atoms with van der Waals surface area (Å²) in [4.78, 5) is 4.54. The van der Waals surface area contributed by atoms with Crippen LogP contribution in [0.15, 0.2) is 0 Å². The van der Waals surface area contributed by atoms with Crippen molar-refractivity contribution >= 4 is 17.1 Å². The van der Waals surface area contributed by atoms with Crippen LogP contribution in [-0.4, -0.2) is 32.5 Å². The Morgan fingerprint density at radius 2 is 2.15 bits per heavy atom. The molecule has 1 aliphatic rings. The monoisotopic (exact) mass is 277 g/mol. The zero-order chi connectivity index (χ0) is 14.7. The lowest BCUT2D eigenvalue weighted by molar-refractivity contribution is -0.111. The number of aromatic nitrogens is 4. The van der Waals surface area contributed by atoms with Crippen LogP contribution in [0.4, 0.5) is 5.95 Å². The van der Waals surface area contributed by atoms with Crippen LogP contribution >= 0.6 is 0 Å². The molecule has 1 saturated carbocycles. The topological polar surface area (TPSA) is 70.9 Å². The summed E-state index contributed by atoms with van der Waals surface area (Å²) in [6.45, 7) is 6.53. The Bertz CT molecular complexity index is 654. The molecule has 0 spiro atoms. The lowest BCUT2D eigenvalue weighted by Crippen LogP contribution is -2.51. The molecule has 2 heterocycles. The molecule has 2 N–H and O–H groups in total. The average Bonchev–Trinajstić information content (AvgIpc) is 2.87. The van der Waals surface area contributed by atoms with Crippen molar-refractivity contribution in [1.29, 1.82) is 0 Å². The molecule has 6 nitrogen and oxygen atoms in total. The minimum Gasteiger partial charge on any atom is -0.381 e. The molecule has 2 aromatic heterocycles. The largest absolute Gasteiger partial charge is 0.381 e. The average molecular weight is 277 g/mol. The first-order valence-corrected chi connectivity index (χ1v) is 7.13. The second-order valence-electron chi connectivity index (χ2n) is 6.23. The standard InChI is InChI=1S/C14H23N5O/c1-6-8-11-12(18(4)17-8)19(13(15)16-11)9-7-10(20-5)14(9,2)3/h9-10H,6-7H2,1-5H3,(H2,15,16). The summed E-state index contributed by atoms with van der Waals surface area (Å²) in [6.07, 6.45) is 2.09. The number of nitrogen functional groups attached to an aromatic ring is 1. The number of aryl methyl sites for hydroxylation is 2. The predicted octanol–water partition coefficient (Wildman–Crippen LogP) is 1.90. The molecule has 2 unspecified atom stereocenters. The summed E-state index contributed by atoms with van der Waals surface area (Å²) in [6, 6.07) is 0.303. The summed E-state index contributed by atoms with van der Waals surface area (Å²) in [5, 5.41) is 4.54. The van der Waals surface area contributed by atoms with Crippen molar-refractivity contribution in [2.45, 2.75) is 45.8 Å². The van der Waals surface area contributed by atoms with E-state index in [1.54, 1.807) is 7.11 Å². The molecule has 1 fully saturated rings. The molecular formula is C14H23N5O. The first-order chi connectivity index (χ1) is 9.41. The Balaban J connectivity index is 2.13. The van der Waals surface area contributed by atoms with Crippen LogP contribution in [0.3, 0.4) is 0 Å². The molecule has 3 rings (SSSR count). The number of anilines is 1. The predicted molar refractivity (Wildman–Crippen MR) is 78.5 cm³/mol. The van der Waals surface area contributed by atoms with Crippen molar-refractivity contribution in [2.24, 2.45) is 12.5 Å². The van der Waals surface area contributed by atoms with Gasteiger partial charge in [-0.1, -0.05) is 20.8 Å². The zero-order valence-electron chi connectivity index (χ0n) is 12.8. The molecule has 2 aromatic rings. The third kappa shape index (κ3) is 1.54. The quantitative estimate of drug-likeness (QED) is 0.930. The van der Waals surface area contributed by atoms with E-state index in [9.17, 15) is 0 Å². The van der Waals surface area contributed by atoms with E-state index in [0.717, 1.165) is 29.7 Å². The first-order valence-electron chi connectivity index (χ1n) is 7.13. The van der Waals surface area contributed by atoms with Gasteiger partial charge in [0.1, 0.15) is 5.52 Å². The number of ether oxygens (including phenoxy) is 1. The maximum absolute atomic E-state index is 6.18. The third-order valence-corrected chi connectivity index (χ3v) is 4.82. The molecule has 0 aliphatic heterocycles. The molecular weight excluding hydrogens is 254 g/mol. The van der Waals surface area contributed by atoms with Crippen LogP contribution in [0.25, 0.3) is 11.2 Å². The van der Waals surface area contributed by atoms with Crippen LogP contribution < -0.4 is 5.73 Å². The van der Waals surface area contributed by atoms with Gasteiger partial charge in [-0.2, -0.15) is 5.10 Å². The SMILES string of the molecule is CCc1nn(C)c2c1nc(N)n2C1CC(OC)C1(C)C. The summed E-state index contributed by atoms with van der Waals surface area (Å²) in [7, 11) is 3.73. The maximum Gasteiger partial charge on any atom is 0.202 e. The molecule has 6 heteroatoms. The normalized spacial score (nSPS) is 25.1. The summed E-state index contributed by atoms with van der Waals surface area (Å²) in [5.74, 6) is 0.579. The van der Waals surface area contributed by atoms with E-state index in [-0.39, 0.29) is 11.5 Å². The molecule has 1 aliphatic carbocycles. The number of rotatable bonds is 3. The molecule has 110 valence electrons. The fraction of sp³-hybridized carbons (Fsp3) is 0.714. The van der Waals surface area contributed by atoms with Crippen molar-refractivity contribution in [1.82, 2.24) is 19.3 Å². The fourth-order valence-electron chi connectivity index (χ4n) is 3.47. The number of nitrogens with two attached hydrogens (primary N) is 1. The van der Waals surface area contributed by atoms with Gasteiger partial charge in [0.2, 0.25) is 5.95 Å². The van der Waals surface area contributed by atoms with Gasteiger partial charge in [0.15, 0.2) is 5.65 Å². The van der Waals surface area contributed by atoms with Gasteiger partial charge in [-0.05, 0) is 12.8 Å². The first kappa shape index (κ1) is 13.4. The molecule has 0 radical (unpaired) electrons. The number of imidazole rings is 1. The van der Waals surface area contributed by atoms with Gasteiger partial charge in [-0.3, -0.25) is 9.25 Å². The van der Waals surface area contributed by atoms with Crippen molar-refractivity contribution in [3.8, 4) is 0 Å². The smallest absolute Gasteiger partial charge is 0.202 e.